The zero-order valence-electron chi connectivity index (χ0n) is 20.2. The summed E-state index contributed by atoms with van der Waals surface area (Å²) in [5.74, 6) is -2.27. The van der Waals surface area contributed by atoms with Crippen LogP contribution in [0.4, 0.5) is 22.0 Å². The van der Waals surface area contributed by atoms with Crippen LogP contribution in [0.25, 0.3) is 22.8 Å². The van der Waals surface area contributed by atoms with Crippen LogP contribution in [0.5, 0.6) is 0 Å². The summed E-state index contributed by atoms with van der Waals surface area (Å²) >= 11 is 0. The van der Waals surface area contributed by atoms with E-state index in [4.69, 9.17) is 4.98 Å². The maximum absolute atomic E-state index is 14.5. The number of H-pyrrole nitrogens is 1. The molecule has 38 heavy (non-hydrogen) atoms. The minimum absolute atomic E-state index is 0.0177. The number of hydrogen-bond acceptors (Lipinski definition) is 6. The molecular formula is C26H21F5N6O. The Morgan fingerprint density at radius 1 is 1.00 bits per heavy atom. The smallest absolute Gasteiger partial charge is 0.377 e. The van der Waals surface area contributed by atoms with Gasteiger partial charge in [-0.25, -0.2) is 18.7 Å². The van der Waals surface area contributed by atoms with Crippen molar-refractivity contribution >= 4 is 0 Å². The number of alkyl halides is 3. The van der Waals surface area contributed by atoms with Crippen molar-refractivity contribution in [3.05, 3.63) is 76.9 Å². The molecule has 6 rings (SSSR count). The molecule has 4 aromatic rings. The van der Waals surface area contributed by atoms with Crippen molar-refractivity contribution in [3.8, 4) is 22.8 Å². The molecule has 2 aliphatic carbocycles. The van der Waals surface area contributed by atoms with Crippen LogP contribution in [0.1, 0.15) is 61.5 Å². The first-order valence-electron chi connectivity index (χ1n) is 11.9. The van der Waals surface area contributed by atoms with Gasteiger partial charge in [-0.3, -0.25) is 5.10 Å². The molecule has 2 N–H and O–H groups in total. The number of benzene rings is 1. The fraction of sp³-hybridized carbons (Fsp3) is 0.346. The molecule has 3 atom stereocenters. The van der Waals surface area contributed by atoms with Gasteiger partial charge < -0.3 is 5.11 Å². The van der Waals surface area contributed by atoms with E-state index in [0.29, 0.717) is 17.8 Å². The summed E-state index contributed by atoms with van der Waals surface area (Å²) in [7, 11) is 0. The number of hydrogen-bond donors (Lipinski definition) is 2. The van der Waals surface area contributed by atoms with Crippen molar-refractivity contribution in [3.63, 3.8) is 0 Å². The molecule has 196 valence electrons. The van der Waals surface area contributed by atoms with Crippen molar-refractivity contribution in [2.45, 2.75) is 50.3 Å². The maximum atomic E-state index is 14.5. The molecule has 0 radical (unpaired) electrons. The van der Waals surface area contributed by atoms with Gasteiger partial charge in [0.1, 0.15) is 17.3 Å². The van der Waals surface area contributed by atoms with Crippen LogP contribution < -0.4 is 0 Å². The van der Waals surface area contributed by atoms with E-state index in [-0.39, 0.29) is 28.7 Å². The average Bonchev–Trinajstić information content (AvgIpc) is 3.51. The third kappa shape index (κ3) is 3.32. The predicted octanol–water partition coefficient (Wildman–Crippen LogP) is 5.40. The first-order valence-corrected chi connectivity index (χ1v) is 11.9. The number of rotatable bonds is 4. The second-order valence-electron chi connectivity index (χ2n) is 10.2. The van der Waals surface area contributed by atoms with E-state index in [9.17, 15) is 27.1 Å². The van der Waals surface area contributed by atoms with Gasteiger partial charge in [-0.15, -0.1) is 5.10 Å². The minimum Gasteiger partial charge on any atom is -0.377 e. The molecule has 0 spiro atoms. The van der Waals surface area contributed by atoms with Crippen LogP contribution in [0.15, 0.2) is 42.5 Å². The Balaban J connectivity index is 1.45. The number of halogens is 5. The van der Waals surface area contributed by atoms with Crippen LogP contribution in [0, 0.1) is 17.0 Å². The van der Waals surface area contributed by atoms with E-state index in [2.05, 4.69) is 39.2 Å². The summed E-state index contributed by atoms with van der Waals surface area (Å²) < 4.78 is 67.7. The van der Waals surface area contributed by atoms with Gasteiger partial charge in [-0.1, -0.05) is 26.0 Å². The highest BCUT2D eigenvalue weighted by atomic mass is 19.4. The number of fused-ring (bicyclic) bond motifs is 5. The number of aliphatic hydroxyl groups excluding tert-OH is 1. The predicted molar refractivity (Wildman–Crippen MR) is 125 cm³/mol. The number of aromatic nitrogens is 6. The van der Waals surface area contributed by atoms with Crippen LogP contribution >= 0.6 is 0 Å². The highest BCUT2D eigenvalue weighted by molar-refractivity contribution is 5.64. The Labute approximate surface area is 213 Å². The van der Waals surface area contributed by atoms with Gasteiger partial charge >= 0.3 is 6.18 Å². The van der Waals surface area contributed by atoms with Crippen molar-refractivity contribution in [1.82, 2.24) is 30.4 Å². The summed E-state index contributed by atoms with van der Waals surface area (Å²) in [5.41, 5.74) is 1.10. The number of aromatic amines is 1. The molecule has 0 amide bonds. The molecule has 0 aliphatic heterocycles. The Kier molecular flexibility index (Phi) is 5.23. The van der Waals surface area contributed by atoms with Gasteiger partial charge in [-0.05, 0) is 60.1 Å². The van der Waals surface area contributed by atoms with Gasteiger partial charge in [0.25, 0.3) is 0 Å². The van der Waals surface area contributed by atoms with Crippen molar-refractivity contribution in [2.24, 2.45) is 5.41 Å². The highest BCUT2D eigenvalue weighted by Crippen LogP contribution is 2.69. The standard InChI is InChI=1S/C26H21F5N6O/c1-24(2)13-9-10-25(24,20-12(13)11-17(34-35-20)19-14(27)5-3-6-15(19)28)18-8-4-7-16(32-18)22-33-23(37-36-22)21(38)26(29,30)31/h3-8,11,13,21,38H,9-10H2,1-2H3,(H,33,36,37)/t13-,21?,25-/m0/s1. The number of nitrogens with zero attached hydrogens (tertiary/aromatic N) is 5. The zero-order valence-corrected chi connectivity index (χ0v) is 20.2. The molecule has 1 aromatic carbocycles. The first kappa shape index (κ1) is 24.5. The summed E-state index contributed by atoms with van der Waals surface area (Å²) in [6.45, 7) is 4.16. The van der Waals surface area contributed by atoms with Gasteiger partial charge in [0, 0.05) is 0 Å². The second kappa shape index (κ2) is 8.10. The molecule has 3 aromatic heterocycles. The largest absolute Gasteiger partial charge is 0.421 e. The summed E-state index contributed by atoms with van der Waals surface area (Å²) in [5, 5.41) is 24.2. The Hall–Kier alpha value is -3.80. The molecule has 0 saturated heterocycles. The van der Waals surface area contributed by atoms with Gasteiger partial charge in [0.15, 0.2) is 11.6 Å². The molecule has 1 saturated carbocycles. The van der Waals surface area contributed by atoms with Crippen molar-refractivity contribution in [2.75, 3.05) is 0 Å². The van der Waals surface area contributed by atoms with E-state index >= 15 is 0 Å². The summed E-state index contributed by atoms with van der Waals surface area (Å²) in [6.07, 6.45) is -6.24. The van der Waals surface area contributed by atoms with Crippen LogP contribution in [0.2, 0.25) is 0 Å². The molecule has 3 heterocycles. The monoisotopic (exact) mass is 528 g/mol. The normalized spacial score (nSPS) is 22.5. The zero-order chi connectivity index (χ0) is 27.0. The molecule has 12 heteroatoms. The molecule has 1 fully saturated rings. The Morgan fingerprint density at radius 2 is 1.71 bits per heavy atom. The molecular weight excluding hydrogens is 507 g/mol. The number of aliphatic hydroxyl groups is 1. The minimum atomic E-state index is -4.90. The molecule has 1 unspecified atom stereocenters. The third-order valence-corrected chi connectivity index (χ3v) is 8.09. The van der Waals surface area contributed by atoms with Gasteiger partial charge in [0.2, 0.25) is 6.10 Å². The SMILES string of the molecule is CC1(C)[C@H]2CC[C@]1(c1cccc(-c3n[nH]c(C(O)C(F)(F)F)n3)n1)c1nnc(-c3c(F)cccc3F)cc12. The van der Waals surface area contributed by atoms with Gasteiger partial charge in [0.05, 0.1) is 28.1 Å². The Morgan fingerprint density at radius 3 is 2.42 bits per heavy atom. The lowest BCUT2D eigenvalue weighted by Crippen LogP contribution is -2.37. The van der Waals surface area contributed by atoms with Crippen LogP contribution in [0.3, 0.4) is 0 Å². The van der Waals surface area contributed by atoms with E-state index < -0.39 is 40.6 Å². The number of pyridine rings is 1. The van der Waals surface area contributed by atoms with Crippen LogP contribution in [-0.4, -0.2) is 41.6 Å². The fourth-order valence-corrected chi connectivity index (χ4v) is 6.22. The molecule has 7 nitrogen and oxygen atoms in total. The Bertz CT molecular complexity index is 1550. The lowest BCUT2D eigenvalue weighted by molar-refractivity contribution is -0.209. The van der Waals surface area contributed by atoms with E-state index in [0.717, 1.165) is 12.0 Å². The summed E-state index contributed by atoms with van der Waals surface area (Å²) in [4.78, 5) is 8.55. The molecule has 2 bridgehead atoms. The third-order valence-electron chi connectivity index (χ3n) is 8.09. The van der Waals surface area contributed by atoms with Crippen molar-refractivity contribution < 1.29 is 27.1 Å². The van der Waals surface area contributed by atoms with Crippen LogP contribution in [-0.2, 0) is 5.41 Å². The number of nitrogens with one attached hydrogen (secondary N) is 1. The maximum Gasteiger partial charge on any atom is 0.421 e. The van der Waals surface area contributed by atoms with E-state index in [1.165, 1.54) is 18.2 Å². The second-order valence-corrected chi connectivity index (χ2v) is 10.2. The topological polar surface area (TPSA) is 100 Å². The summed E-state index contributed by atoms with van der Waals surface area (Å²) in [6, 6.07) is 10.4. The van der Waals surface area contributed by atoms with E-state index in [1.54, 1.807) is 18.2 Å². The highest BCUT2D eigenvalue weighted by Gasteiger charge is 2.65. The van der Waals surface area contributed by atoms with Crippen molar-refractivity contribution in [1.29, 1.82) is 0 Å². The van der Waals surface area contributed by atoms with E-state index in [1.807, 2.05) is 6.07 Å². The molecule has 2 aliphatic rings. The average molecular weight is 528 g/mol. The lowest BCUT2D eigenvalue weighted by atomic mass is 9.66. The quantitative estimate of drug-likeness (QED) is 0.344. The fourth-order valence-electron chi connectivity index (χ4n) is 6.22. The first-order chi connectivity index (χ1) is 17.9. The van der Waals surface area contributed by atoms with Gasteiger partial charge in [-0.2, -0.15) is 23.4 Å². The lowest BCUT2D eigenvalue weighted by Gasteiger charge is -2.37.